The Balaban J connectivity index is 2.72. The van der Waals surface area contributed by atoms with Crippen molar-refractivity contribution in [2.24, 2.45) is 5.92 Å². The van der Waals surface area contributed by atoms with E-state index in [2.05, 4.69) is 28.8 Å². The van der Waals surface area contributed by atoms with Crippen LogP contribution in [0.25, 0.3) is 0 Å². The van der Waals surface area contributed by atoms with Crippen LogP contribution in [0.1, 0.15) is 39.6 Å². The molecule has 1 heterocycles. The summed E-state index contributed by atoms with van der Waals surface area (Å²) in [6.07, 6.45) is 0.916. The number of hydrogen-bond donors (Lipinski definition) is 1. The van der Waals surface area contributed by atoms with E-state index in [4.69, 9.17) is 0 Å². The minimum atomic E-state index is -0.411. The molecule has 0 saturated carbocycles. The molecule has 1 rings (SSSR count). The van der Waals surface area contributed by atoms with Crippen molar-refractivity contribution in [2.45, 2.75) is 26.3 Å². The monoisotopic (exact) mass is 312 g/mol. The van der Waals surface area contributed by atoms with E-state index in [1.165, 1.54) is 7.11 Å². The van der Waals surface area contributed by atoms with Crippen LogP contribution >= 0.6 is 11.3 Å². The Morgan fingerprint density at radius 1 is 1.29 bits per heavy atom. The molecule has 1 atom stereocenters. The molecule has 0 aliphatic heterocycles. The third kappa shape index (κ3) is 5.85. The van der Waals surface area contributed by atoms with Crippen LogP contribution in [0.15, 0.2) is 12.1 Å². The van der Waals surface area contributed by atoms with E-state index in [-0.39, 0.29) is 11.9 Å². The Bertz CT molecular complexity index is 473. The number of rotatable bonds is 7. The lowest BCUT2D eigenvalue weighted by atomic mass is 10.0. The molecule has 0 aromatic carbocycles. The zero-order chi connectivity index (χ0) is 16.0. The lowest BCUT2D eigenvalue weighted by molar-refractivity contribution is 0.0606. The predicted molar refractivity (Wildman–Crippen MR) is 84.9 cm³/mol. The molecule has 21 heavy (non-hydrogen) atoms. The molecular weight excluding hydrogens is 288 g/mol. The molecule has 0 fully saturated rings. The average molecular weight is 312 g/mol. The van der Waals surface area contributed by atoms with Crippen molar-refractivity contribution in [1.82, 2.24) is 10.2 Å². The second-order valence-electron chi connectivity index (χ2n) is 5.72. The first kappa shape index (κ1) is 17.7. The molecular formula is C15H24N2O3S. The number of hydrogen-bond acceptors (Lipinski definition) is 5. The van der Waals surface area contributed by atoms with E-state index < -0.39 is 5.97 Å². The number of carbonyl (C=O) groups is 2. The molecule has 1 unspecified atom stereocenters. The summed E-state index contributed by atoms with van der Waals surface area (Å²) in [6.45, 7) is 5.06. The molecule has 0 saturated heterocycles. The maximum absolute atomic E-state index is 12.3. The van der Waals surface area contributed by atoms with Crippen LogP contribution in [-0.4, -0.2) is 50.6 Å². The molecule has 1 N–H and O–H groups in total. The summed E-state index contributed by atoms with van der Waals surface area (Å²) >= 11 is 1.15. The first-order valence-corrected chi connectivity index (χ1v) is 7.78. The van der Waals surface area contributed by atoms with E-state index in [1.807, 2.05) is 14.1 Å². The van der Waals surface area contributed by atoms with E-state index in [1.54, 1.807) is 12.1 Å². The quantitative estimate of drug-likeness (QED) is 0.785. The van der Waals surface area contributed by atoms with Gasteiger partial charge in [-0.1, -0.05) is 13.8 Å². The number of thiophene rings is 1. The van der Waals surface area contributed by atoms with Crippen molar-refractivity contribution in [2.75, 3.05) is 27.7 Å². The lowest BCUT2D eigenvalue weighted by Gasteiger charge is -2.23. The van der Waals surface area contributed by atoms with Gasteiger partial charge in [0.2, 0.25) is 0 Å². The fourth-order valence-corrected chi connectivity index (χ4v) is 2.94. The maximum Gasteiger partial charge on any atom is 0.348 e. The molecule has 1 amide bonds. The fourth-order valence-electron chi connectivity index (χ4n) is 2.12. The molecule has 1 aromatic heterocycles. The minimum absolute atomic E-state index is 0.0937. The number of nitrogens with one attached hydrogen (secondary N) is 1. The Morgan fingerprint density at radius 3 is 2.43 bits per heavy atom. The number of methoxy groups -OCH3 is 1. The normalized spacial score (nSPS) is 12.5. The van der Waals surface area contributed by atoms with Gasteiger partial charge in [0.1, 0.15) is 4.88 Å². The van der Waals surface area contributed by atoms with Crippen LogP contribution in [0.5, 0.6) is 0 Å². The standard InChI is InChI=1S/C15H24N2O3S/c1-10(2)8-11(9-17(3)4)16-14(18)12-6-7-13(21-12)15(19)20-5/h6-7,10-11H,8-9H2,1-5H3,(H,16,18). The van der Waals surface area contributed by atoms with Gasteiger partial charge in [0.05, 0.1) is 12.0 Å². The Labute approximate surface area is 130 Å². The summed E-state index contributed by atoms with van der Waals surface area (Å²) in [6, 6.07) is 3.37. The number of carbonyl (C=O) groups excluding carboxylic acids is 2. The summed E-state index contributed by atoms with van der Waals surface area (Å²) in [7, 11) is 5.30. The third-order valence-corrected chi connectivity index (χ3v) is 3.96. The van der Waals surface area contributed by atoms with Gasteiger partial charge in [-0.05, 0) is 38.6 Å². The third-order valence-electron chi connectivity index (χ3n) is 2.89. The zero-order valence-corrected chi connectivity index (χ0v) is 14.1. The lowest BCUT2D eigenvalue weighted by Crippen LogP contribution is -2.42. The SMILES string of the molecule is COC(=O)c1ccc(C(=O)NC(CC(C)C)CN(C)C)s1. The zero-order valence-electron chi connectivity index (χ0n) is 13.3. The Kier molecular flexibility index (Phi) is 6.84. The largest absolute Gasteiger partial charge is 0.465 e. The van der Waals surface area contributed by atoms with Crippen LogP contribution in [0.4, 0.5) is 0 Å². The van der Waals surface area contributed by atoms with Gasteiger partial charge in [0.15, 0.2) is 0 Å². The molecule has 0 spiro atoms. The highest BCUT2D eigenvalue weighted by atomic mass is 32.1. The van der Waals surface area contributed by atoms with E-state index in [0.29, 0.717) is 15.7 Å². The smallest absolute Gasteiger partial charge is 0.348 e. The summed E-state index contributed by atoms with van der Waals surface area (Å²) in [5.74, 6) is -0.0436. The topological polar surface area (TPSA) is 58.6 Å². The van der Waals surface area contributed by atoms with Gasteiger partial charge in [-0.3, -0.25) is 4.79 Å². The molecule has 118 valence electrons. The predicted octanol–water partition coefficient (Wildman–Crippen LogP) is 2.24. The van der Waals surface area contributed by atoms with E-state index in [0.717, 1.165) is 24.3 Å². The first-order valence-electron chi connectivity index (χ1n) is 6.97. The van der Waals surface area contributed by atoms with Crippen molar-refractivity contribution in [3.63, 3.8) is 0 Å². The first-order chi connectivity index (χ1) is 9.83. The second-order valence-corrected chi connectivity index (χ2v) is 6.80. The van der Waals surface area contributed by atoms with Gasteiger partial charge < -0.3 is 15.0 Å². The maximum atomic E-state index is 12.3. The summed E-state index contributed by atoms with van der Waals surface area (Å²) in [5.41, 5.74) is 0. The number of esters is 1. The molecule has 1 aromatic rings. The van der Waals surface area contributed by atoms with Crippen molar-refractivity contribution in [3.8, 4) is 0 Å². The van der Waals surface area contributed by atoms with Crippen molar-refractivity contribution < 1.29 is 14.3 Å². The molecule has 6 heteroatoms. The van der Waals surface area contributed by atoms with Crippen LogP contribution < -0.4 is 5.32 Å². The Hall–Kier alpha value is -1.40. The number of ether oxygens (including phenoxy) is 1. The van der Waals surface area contributed by atoms with Crippen LogP contribution in [0.3, 0.4) is 0 Å². The molecule has 0 radical (unpaired) electrons. The van der Waals surface area contributed by atoms with Gasteiger partial charge in [0, 0.05) is 12.6 Å². The average Bonchev–Trinajstić information content (AvgIpc) is 2.85. The van der Waals surface area contributed by atoms with Crippen molar-refractivity contribution in [3.05, 3.63) is 21.9 Å². The van der Waals surface area contributed by atoms with Gasteiger partial charge in [-0.2, -0.15) is 0 Å². The Morgan fingerprint density at radius 2 is 1.90 bits per heavy atom. The summed E-state index contributed by atoms with van der Waals surface area (Å²) in [5, 5.41) is 3.04. The number of amides is 1. The summed E-state index contributed by atoms with van der Waals surface area (Å²) in [4.78, 5) is 26.7. The minimum Gasteiger partial charge on any atom is -0.465 e. The number of likely N-dealkylation sites (N-methyl/N-ethyl adjacent to an activating group) is 1. The van der Waals surface area contributed by atoms with Crippen LogP contribution in [-0.2, 0) is 4.74 Å². The van der Waals surface area contributed by atoms with Crippen molar-refractivity contribution >= 4 is 23.2 Å². The molecule has 5 nitrogen and oxygen atoms in total. The van der Waals surface area contributed by atoms with Gasteiger partial charge in [-0.25, -0.2) is 4.79 Å². The summed E-state index contributed by atoms with van der Waals surface area (Å²) < 4.78 is 4.65. The fraction of sp³-hybridized carbons (Fsp3) is 0.600. The highest BCUT2D eigenvalue weighted by Crippen LogP contribution is 2.18. The van der Waals surface area contributed by atoms with Gasteiger partial charge >= 0.3 is 5.97 Å². The highest BCUT2D eigenvalue weighted by Gasteiger charge is 2.18. The molecule has 0 aliphatic carbocycles. The molecule has 0 aliphatic rings. The number of nitrogens with zero attached hydrogens (tertiary/aromatic N) is 1. The van der Waals surface area contributed by atoms with Crippen LogP contribution in [0, 0.1) is 5.92 Å². The van der Waals surface area contributed by atoms with E-state index in [9.17, 15) is 9.59 Å². The van der Waals surface area contributed by atoms with Gasteiger partial charge in [-0.15, -0.1) is 11.3 Å². The van der Waals surface area contributed by atoms with E-state index >= 15 is 0 Å². The molecule has 0 bridgehead atoms. The van der Waals surface area contributed by atoms with Crippen LogP contribution in [0.2, 0.25) is 0 Å². The highest BCUT2D eigenvalue weighted by molar-refractivity contribution is 7.15. The van der Waals surface area contributed by atoms with Gasteiger partial charge in [0.25, 0.3) is 5.91 Å². The van der Waals surface area contributed by atoms with Crippen molar-refractivity contribution in [1.29, 1.82) is 0 Å². The second kappa shape index (κ2) is 8.14.